The van der Waals surface area contributed by atoms with Gasteiger partial charge in [-0.1, -0.05) is 72.8 Å². The molecule has 6 heteroatoms. The summed E-state index contributed by atoms with van der Waals surface area (Å²) in [5, 5.41) is 0. The van der Waals surface area contributed by atoms with Crippen LogP contribution >= 0.6 is 0 Å². The molecule has 3 atom stereocenters. The summed E-state index contributed by atoms with van der Waals surface area (Å²) in [6, 6.07) is 23.7. The monoisotopic (exact) mass is 465 g/mol. The molecule has 3 aromatic rings. The minimum absolute atomic E-state index is 0.211. The normalized spacial score (nSPS) is 19.8. The lowest BCUT2D eigenvalue weighted by Gasteiger charge is -2.18. The Morgan fingerprint density at radius 1 is 0.714 bits per heavy atom. The van der Waals surface area contributed by atoms with E-state index in [0.29, 0.717) is 29.7 Å². The van der Waals surface area contributed by atoms with Crippen molar-refractivity contribution in [3.05, 3.63) is 114 Å². The topological polar surface area (TPSA) is 80.8 Å². The SMILES string of the molecule is O=C(O[C@H](C(=O)c1ccccc1)c1ccccc1)c1ccc(N2C(=O)[C@H]3CC=CC[C@H]3C2=O)cc1. The molecule has 3 aromatic carbocycles. The lowest BCUT2D eigenvalue weighted by Crippen LogP contribution is -2.30. The average molecular weight is 466 g/mol. The van der Waals surface area contributed by atoms with Crippen LogP contribution < -0.4 is 4.90 Å². The fourth-order valence-corrected chi connectivity index (χ4v) is 4.63. The highest BCUT2D eigenvalue weighted by Gasteiger charge is 2.47. The second-order valence-corrected chi connectivity index (χ2v) is 8.64. The van der Waals surface area contributed by atoms with Gasteiger partial charge in [-0.2, -0.15) is 0 Å². The molecule has 6 nitrogen and oxygen atoms in total. The van der Waals surface area contributed by atoms with Gasteiger partial charge in [0.05, 0.1) is 23.1 Å². The number of Topliss-reactive ketones (excluding diaryl/α,β-unsaturated/α-hetero) is 1. The fraction of sp³-hybridized carbons (Fsp3) is 0.172. The quantitative estimate of drug-likeness (QED) is 0.223. The van der Waals surface area contributed by atoms with Gasteiger partial charge >= 0.3 is 5.97 Å². The molecule has 0 aromatic heterocycles. The number of carbonyl (C=O) groups excluding carboxylic acids is 4. The van der Waals surface area contributed by atoms with Crippen LogP contribution in [0.25, 0.3) is 0 Å². The van der Waals surface area contributed by atoms with E-state index < -0.39 is 12.1 Å². The highest BCUT2D eigenvalue weighted by molar-refractivity contribution is 6.22. The summed E-state index contributed by atoms with van der Waals surface area (Å²) in [5.41, 5.74) is 1.64. The molecule has 0 bridgehead atoms. The van der Waals surface area contributed by atoms with E-state index >= 15 is 0 Å². The van der Waals surface area contributed by atoms with E-state index in [4.69, 9.17) is 4.74 Å². The second-order valence-electron chi connectivity index (χ2n) is 8.64. The van der Waals surface area contributed by atoms with Crippen molar-refractivity contribution in [1.82, 2.24) is 0 Å². The maximum atomic E-state index is 13.2. The van der Waals surface area contributed by atoms with Crippen LogP contribution in [-0.4, -0.2) is 23.6 Å². The molecule has 1 heterocycles. The number of anilines is 1. The van der Waals surface area contributed by atoms with E-state index in [9.17, 15) is 19.2 Å². The molecular weight excluding hydrogens is 442 g/mol. The van der Waals surface area contributed by atoms with Crippen LogP contribution in [-0.2, 0) is 14.3 Å². The molecular formula is C29H23NO5. The number of allylic oxidation sites excluding steroid dienone is 2. The number of ether oxygens (including phenoxy) is 1. The molecule has 1 aliphatic heterocycles. The number of benzene rings is 3. The summed E-state index contributed by atoms with van der Waals surface area (Å²) in [5.74, 6) is -2.08. The maximum absolute atomic E-state index is 13.2. The maximum Gasteiger partial charge on any atom is 0.339 e. The molecule has 2 aliphatic rings. The molecule has 0 unspecified atom stereocenters. The van der Waals surface area contributed by atoms with Crippen LogP contribution in [0.15, 0.2) is 97.1 Å². The Morgan fingerprint density at radius 2 is 1.26 bits per heavy atom. The number of nitrogens with zero attached hydrogens (tertiary/aromatic N) is 1. The third-order valence-corrected chi connectivity index (χ3v) is 6.49. The smallest absolute Gasteiger partial charge is 0.339 e. The lowest BCUT2D eigenvalue weighted by atomic mass is 9.85. The average Bonchev–Trinajstić information content (AvgIpc) is 3.17. The molecule has 174 valence electrons. The van der Waals surface area contributed by atoms with Crippen LogP contribution in [0.1, 0.15) is 45.2 Å². The molecule has 35 heavy (non-hydrogen) atoms. The van der Waals surface area contributed by atoms with Crippen molar-refractivity contribution in [3.63, 3.8) is 0 Å². The van der Waals surface area contributed by atoms with Crippen molar-refractivity contribution in [1.29, 1.82) is 0 Å². The fourth-order valence-electron chi connectivity index (χ4n) is 4.63. The van der Waals surface area contributed by atoms with Crippen LogP contribution in [0.4, 0.5) is 5.69 Å². The van der Waals surface area contributed by atoms with Crippen LogP contribution in [0, 0.1) is 11.8 Å². The van der Waals surface area contributed by atoms with Gasteiger partial charge in [0, 0.05) is 11.1 Å². The number of ketones is 1. The van der Waals surface area contributed by atoms with Gasteiger partial charge in [0.2, 0.25) is 17.6 Å². The van der Waals surface area contributed by atoms with Crippen molar-refractivity contribution in [2.45, 2.75) is 18.9 Å². The summed E-state index contributed by atoms with van der Waals surface area (Å²) >= 11 is 0. The first-order valence-electron chi connectivity index (χ1n) is 11.5. The summed E-state index contributed by atoms with van der Waals surface area (Å²) in [6.07, 6.45) is 3.89. The molecule has 1 fully saturated rings. The Balaban J connectivity index is 1.36. The van der Waals surface area contributed by atoms with E-state index in [1.807, 2.05) is 24.3 Å². The van der Waals surface area contributed by atoms with Crippen LogP contribution in [0.5, 0.6) is 0 Å². The summed E-state index contributed by atoms with van der Waals surface area (Å²) in [6.45, 7) is 0. The summed E-state index contributed by atoms with van der Waals surface area (Å²) in [4.78, 5) is 53.0. The van der Waals surface area contributed by atoms with Crippen molar-refractivity contribution < 1.29 is 23.9 Å². The number of esters is 1. The van der Waals surface area contributed by atoms with Gasteiger partial charge in [-0.15, -0.1) is 0 Å². The van der Waals surface area contributed by atoms with E-state index in [2.05, 4.69) is 0 Å². The number of fused-ring (bicyclic) bond motifs is 1. The van der Waals surface area contributed by atoms with Gasteiger partial charge < -0.3 is 4.74 Å². The molecule has 0 saturated carbocycles. The summed E-state index contributed by atoms with van der Waals surface area (Å²) < 4.78 is 5.68. The van der Waals surface area contributed by atoms with Gasteiger partial charge in [-0.3, -0.25) is 19.3 Å². The van der Waals surface area contributed by atoms with Crippen LogP contribution in [0.2, 0.25) is 0 Å². The zero-order chi connectivity index (χ0) is 24.4. The Bertz CT molecular complexity index is 1270. The Hall–Kier alpha value is -4.32. The van der Waals surface area contributed by atoms with E-state index in [1.54, 1.807) is 60.7 Å². The van der Waals surface area contributed by atoms with Gasteiger partial charge in [-0.25, -0.2) is 4.79 Å². The minimum Gasteiger partial charge on any atom is -0.445 e. The third-order valence-electron chi connectivity index (χ3n) is 6.49. The summed E-state index contributed by atoms with van der Waals surface area (Å²) in [7, 11) is 0. The molecule has 5 rings (SSSR count). The number of hydrogen-bond donors (Lipinski definition) is 0. The van der Waals surface area contributed by atoms with E-state index in [1.165, 1.54) is 17.0 Å². The number of rotatable bonds is 6. The predicted molar refractivity (Wildman–Crippen MR) is 130 cm³/mol. The first-order chi connectivity index (χ1) is 17.0. The van der Waals surface area contributed by atoms with Crippen molar-refractivity contribution in [2.75, 3.05) is 4.90 Å². The molecule has 0 N–H and O–H groups in total. The number of hydrogen-bond acceptors (Lipinski definition) is 5. The number of carbonyl (C=O) groups is 4. The van der Waals surface area contributed by atoms with Gasteiger partial charge in [-0.05, 0) is 37.1 Å². The number of amides is 2. The van der Waals surface area contributed by atoms with Crippen LogP contribution in [0.3, 0.4) is 0 Å². The van der Waals surface area contributed by atoms with Crippen molar-refractivity contribution in [2.24, 2.45) is 11.8 Å². The van der Waals surface area contributed by atoms with Gasteiger partial charge in [0.25, 0.3) is 0 Å². The molecule has 0 radical (unpaired) electrons. The number of imide groups is 1. The highest BCUT2D eigenvalue weighted by Crippen LogP contribution is 2.37. The zero-order valence-electron chi connectivity index (χ0n) is 18.9. The molecule has 0 spiro atoms. The Labute approximate surface area is 202 Å². The van der Waals surface area contributed by atoms with Gasteiger partial charge in [0.1, 0.15) is 0 Å². The predicted octanol–water partition coefficient (Wildman–Crippen LogP) is 4.92. The Kier molecular flexibility index (Phi) is 6.10. The van der Waals surface area contributed by atoms with Gasteiger partial charge in [0.15, 0.2) is 6.10 Å². The minimum atomic E-state index is -1.11. The standard InChI is InChI=1S/C29H23NO5/c31-25(19-9-3-1-4-10-19)26(20-11-5-2-6-12-20)35-29(34)21-15-17-22(18-16-21)30-27(32)23-13-7-8-14-24(23)28(30)33/h1-12,15-18,23-24,26H,13-14H2/t23-,24+,26-/m0/s1. The third kappa shape index (κ3) is 4.30. The van der Waals surface area contributed by atoms with E-state index in [-0.39, 0.29) is 35.0 Å². The Morgan fingerprint density at radius 3 is 1.83 bits per heavy atom. The largest absolute Gasteiger partial charge is 0.445 e. The second kappa shape index (κ2) is 9.50. The van der Waals surface area contributed by atoms with Crippen molar-refractivity contribution in [3.8, 4) is 0 Å². The first kappa shape index (κ1) is 22.5. The molecule has 1 saturated heterocycles. The van der Waals surface area contributed by atoms with E-state index in [0.717, 1.165) is 0 Å². The van der Waals surface area contributed by atoms with Crippen molar-refractivity contribution >= 4 is 29.3 Å². The molecule has 2 amide bonds. The highest BCUT2D eigenvalue weighted by atomic mass is 16.5. The molecule has 1 aliphatic carbocycles. The lowest BCUT2D eigenvalue weighted by molar-refractivity contribution is -0.122. The zero-order valence-corrected chi connectivity index (χ0v) is 18.9. The first-order valence-corrected chi connectivity index (χ1v) is 11.5.